The summed E-state index contributed by atoms with van der Waals surface area (Å²) in [7, 11) is 0. The van der Waals surface area contributed by atoms with Crippen molar-refractivity contribution in [1.82, 2.24) is 0 Å². The summed E-state index contributed by atoms with van der Waals surface area (Å²) in [5, 5.41) is 10.3. The number of carbonyl (C=O) groups is 2. The molecule has 0 saturated carbocycles. The third-order valence-electron chi connectivity index (χ3n) is 11.2. The lowest BCUT2D eigenvalue weighted by atomic mass is 9.70. The maximum atomic E-state index is 13.7. The normalized spacial score (nSPS) is 13.5. The molecule has 0 rings (SSSR count). The summed E-state index contributed by atoms with van der Waals surface area (Å²) in [5.74, 6) is -0.952. The van der Waals surface area contributed by atoms with Gasteiger partial charge in [0.15, 0.2) is 5.78 Å². The first-order valence-electron chi connectivity index (χ1n) is 21.8. The lowest BCUT2D eigenvalue weighted by molar-refractivity contribution is -0.157. The SMILES string of the molecule is CCCCCCCCCCCCCCCCCCC(CC)C(=O)C(CC)(CCCCCCCCCCCCCCCCCC)C(=O)O. The Labute approximate surface area is 296 Å². The Kier molecular flexibility index (Phi) is 34.3. The summed E-state index contributed by atoms with van der Waals surface area (Å²) in [4.78, 5) is 26.2. The third kappa shape index (κ3) is 25.7. The summed E-state index contributed by atoms with van der Waals surface area (Å²) < 4.78 is 0. The monoisotopic (exact) mass is 663 g/mol. The Morgan fingerprint density at radius 2 is 0.702 bits per heavy atom. The molecule has 0 radical (unpaired) electrons. The molecule has 47 heavy (non-hydrogen) atoms. The van der Waals surface area contributed by atoms with Gasteiger partial charge in [0.05, 0.1) is 0 Å². The van der Waals surface area contributed by atoms with Gasteiger partial charge >= 0.3 is 5.97 Å². The van der Waals surface area contributed by atoms with E-state index in [-0.39, 0.29) is 11.7 Å². The highest BCUT2D eigenvalue weighted by Gasteiger charge is 2.45. The largest absolute Gasteiger partial charge is 0.480 e. The zero-order valence-corrected chi connectivity index (χ0v) is 32.8. The van der Waals surface area contributed by atoms with E-state index in [9.17, 15) is 14.7 Å². The second-order valence-corrected chi connectivity index (χ2v) is 15.4. The lowest BCUT2D eigenvalue weighted by Gasteiger charge is -2.30. The second kappa shape index (κ2) is 35.0. The van der Waals surface area contributed by atoms with Crippen LogP contribution in [0.5, 0.6) is 0 Å². The molecule has 0 heterocycles. The van der Waals surface area contributed by atoms with Crippen molar-refractivity contribution in [2.24, 2.45) is 11.3 Å². The van der Waals surface area contributed by atoms with Crippen LogP contribution in [0.4, 0.5) is 0 Å². The van der Waals surface area contributed by atoms with Gasteiger partial charge in [-0.25, -0.2) is 0 Å². The predicted molar refractivity (Wildman–Crippen MR) is 207 cm³/mol. The Balaban J connectivity index is 4.01. The molecule has 0 bridgehead atoms. The van der Waals surface area contributed by atoms with E-state index in [4.69, 9.17) is 0 Å². The number of aliphatic carboxylic acids is 1. The van der Waals surface area contributed by atoms with E-state index in [0.717, 1.165) is 32.1 Å². The van der Waals surface area contributed by atoms with Crippen molar-refractivity contribution in [3.63, 3.8) is 0 Å². The van der Waals surface area contributed by atoms with Crippen LogP contribution in [0.15, 0.2) is 0 Å². The molecular weight excluding hydrogens is 576 g/mol. The Morgan fingerprint density at radius 3 is 0.957 bits per heavy atom. The van der Waals surface area contributed by atoms with Crippen molar-refractivity contribution in [3.8, 4) is 0 Å². The zero-order chi connectivity index (χ0) is 34.7. The molecule has 3 heteroatoms. The molecule has 3 nitrogen and oxygen atoms in total. The molecule has 0 aliphatic carbocycles. The number of hydrogen-bond donors (Lipinski definition) is 1. The van der Waals surface area contributed by atoms with E-state index in [0.29, 0.717) is 12.8 Å². The standard InChI is InChI=1S/C44H86O3/c1-5-9-11-13-15-17-19-21-23-25-27-29-31-33-35-37-39-41(7-3)42(45)44(8-4,43(46)47)40-38-36-34-32-30-28-26-24-22-20-18-16-14-12-10-6-2/h41H,5-40H2,1-4H3,(H,46,47). The molecule has 1 N–H and O–H groups in total. The summed E-state index contributed by atoms with van der Waals surface area (Å²) in [6.07, 6.45) is 45.1. The molecule has 0 aromatic carbocycles. The number of rotatable bonds is 39. The van der Waals surface area contributed by atoms with Gasteiger partial charge in [-0.2, -0.15) is 0 Å². The van der Waals surface area contributed by atoms with Crippen LogP contribution >= 0.6 is 0 Å². The first-order chi connectivity index (χ1) is 23.0. The molecule has 2 atom stereocenters. The number of carboxylic acid groups (broad SMARTS) is 1. The van der Waals surface area contributed by atoms with E-state index < -0.39 is 11.4 Å². The summed E-state index contributed by atoms with van der Waals surface area (Å²) in [6.45, 7) is 8.56. The van der Waals surface area contributed by atoms with Gasteiger partial charge in [0, 0.05) is 5.92 Å². The van der Waals surface area contributed by atoms with Crippen LogP contribution < -0.4 is 0 Å². The average molecular weight is 663 g/mol. The minimum absolute atomic E-state index is 0.0249. The quantitative estimate of drug-likeness (QED) is 0.0526. The molecular formula is C44H86O3. The van der Waals surface area contributed by atoms with Crippen molar-refractivity contribution >= 4 is 11.8 Å². The van der Waals surface area contributed by atoms with E-state index in [1.165, 1.54) is 186 Å². The fourth-order valence-electron chi connectivity index (χ4n) is 7.66. The first kappa shape index (κ1) is 46.1. The number of carbonyl (C=O) groups excluding carboxylic acids is 1. The van der Waals surface area contributed by atoms with E-state index in [2.05, 4.69) is 20.8 Å². The van der Waals surface area contributed by atoms with Gasteiger partial charge in [-0.1, -0.05) is 233 Å². The van der Waals surface area contributed by atoms with E-state index in [1.807, 2.05) is 6.92 Å². The lowest BCUT2D eigenvalue weighted by Crippen LogP contribution is -2.42. The van der Waals surface area contributed by atoms with Crippen LogP contribution in [-0.2, 0) is 9.59 Å². The van der Waals surface area contributed by atoms with Gasteiger partial charge in [-0.15, -0.1) is 0 Å². The first-order valence-corrected chi connectivity index (χ1v) is 21.8. The number of ketones is 1. The van der Waals surface area contributed by atoms with E-state index >= 15 is 0 Å². The van der Waals surface area contributed by atoms with Crippen LogP contribution in [0.25, 0.3) is 0 Å². The number of carboxylic acids is 1. The molecule has 0 aromatic heterocycles. The van der Waals surface area contributed by atoms with Crippen molar-refractivity contribution in [3.05, 3.63) is 0 Å². The molecule has 0 fully saturated rings. The molecule has 0 saturated heterocycles. The minimum Gasteiger partial charge on any atom is -0.480 e. The van der Waals surface area contributed by atoms with Crippen molar-refractivity contribution in [2.45, 2.75) is 259 Å². The fourth-order valence-corrected chi connectivity index (χ4v) is 7.66. The Hall–Kier alpha value is -0.860. The highest BCUT2D eigenvalue weighted by atomic mass is 16.4. The van der Waals surface area contributed by atoms with Gasteiger partial charge in [-0.3, -0.25) is 9.59 Å². The number of Topliss-reactive ketones (excluding diaryl/α,β-unsaturated/α-hetero) is 1. The van der Waals surface area contributed by atoms with Crippen molar-refractivity contribution in [2.75, 3.05) is 0 Å². The van der Waals surface area contributed by atoms with Crippen LogP contribution in [0.1, 0.15) is 259 Å². The molecule has 280 valence electrons. The molecule has 0 aromatic rings. The number of hydrogen-bond acceptors (Lipinski definition) is 2. The van der Waals surface area contributed by atoms with Gasteiger partial charge in [0.2, 0.25) is 0 Å². The van der Waals surface area contributed by atoms with Gasteiger partial charge < -0.3 is 5.11 Å². The van der Waals surface area contributed by atoms with Crippen LogP contribution in [0, 0.1) is 11.3 Å². The van der Waals surface area contributed by atoms with Gasteiger partial charge in [0.25, 0.3) is 0 Å². The smallest absolute Gasteiger partial charge is 0.317 e. The van der Waals surface area contributed by atoms with Gasteiger partial charge in [0.1, 0.15) is 5.41 Å². The highest BCUT2D eigenvalue weighted by molar-refractivity contribution is 6.04. The minimum atomic E-state index is -1.17. The molecule has 0 aliphatic heterocycles. The van der Waals surface area contributed by atoms with Crippen molar-refractivity contribution in [1.29, 1.82) is 0 Å². The average Bonchev–Trinajstić information content (AvgIpc) is 3.07. The molecule has 0 aliphatic rings. The molecule has 0 amide bonds. The fraction of sp³-hybridized carbons (Fsp3) is 0.955. The molecule has 2 unspecified atom stereocenters. The maximum absolute atomic E-state index is 13.7. The second-order valence-electron chi connectivity index (χ2n) is 15.4. The third-order valence-corrected chi connectivity index (χ3v) is 11.2. The van der Waals surface area contributed by atoms with Crippen LogP contribution in [0.3, 0.4) is 0 Å². The highest BCUT2D eigenvalue weighted by Crippen LogP contribution is 2.36. The summed E-state index contributed by atoms with van der Waals surface area (Å²) in [6, 6.07) is 0. The predicted octanol–water partition coefficient (Wildman–Crippen LogP) is 15.4. The number of unbranched alkanes of at least 4 members (excludes halogenated alkanes) is 30. The van der Waals surface area contributed by atoms with Crippen LogP contribution in [-0.4, -0.2) is 16.9 Å². The summed E-state index contributed by atoms with van der Waals surface area (Å²) in [5.41, 5.74) is -1.17. The maximum Gasteiger partial charge on any atom is 0.317 e. The van der Waals surface area contributed by atoms with Crippen molar-refractivity contribution < 1.29 is 14.7 Å². The van der Waals surface area contributed by atoms with E-state index in [1.54, 1.807) is 0 Å². The Bertz CT molecular complexity index is 673. The zero-order valence-electron chi connectivity index (χ0n) is 32.8. The van der Waals surface area contributed by atoms with Gasteiger partial charge in [-0.05, 0) is 25.7 Å². The van der Waals surface area contributed by atoms with Crippen LogP contribution in [0.2, 0.25) is 0 Å². The summed E-state index contributed by atoms with van der Waals surface area (Å²) >= 11 is 0. The Morgan fingerprint density at radius 1 is 0.426 bits per heavy atom. The molecule has 0 spiro atoms. The topological polar surface area (TPSA) is 54.4 Å².